The Kier molecular flexibility index (Phi) is 3.57. The summed E-state index contributed by atoms with van der Waals surface area (Å²) in [6, 6.07) is 0. The molecule has 2 aromatic rings. The summed E-state index contributed by atoms with van der Waals surface area (Å²) in [5.41, 5.74) is 0.939. The van der Waals surface area contributed by atoms with Gasteiger partial charge in [0.25, 0.3) is 0 Å². The molecule has 114 valence electrons. The van der Waals surface area contributed by atoms with Crippen molar-refractivity contribution in [3.8, 4) is 0 Å². The van der Waals surface area contributed by atoms with Gasteiger partial charge in [0.15, 0.2) is 11.9 Å². The Bertz CT molecular complexity index is 751. The van der Waals surface area contributed by atoms with Crippen LogP contribution in [0.2, 0.25) is 0 Å². The average molecular weight is 317 g/mol. The van der Waals surface area contributed by atoms with Crippen LogP contribution in [0.25, 0.3) is 11.2 Å². The van der Waals surface area contributed by atoms with Crippen LogP contribution in [0.1, 0.15) is 12.6 Å². The third kappa shape index (κ3) is 3.00. The molecule has 9 nitrogen and oxygen atoms in total. The minimum atomic E-state index is -4.33. The van der Waals surface area contributed by atoms with Gasteiger partial charge in [-0.1, -0.05) is 0 Å². The highest BCUT2D eigenvalue weighted by Gasteiger charge is 2.37. The van der Waals surface area contributed by atoms with Crippen LogP contribution in [-0.2, 0) is 15.0 Å². The second-order valence-electron chi connectivity index (χ2n) is 4.61. The van der Waals surface area contributed by atoms with Gasteiger partial charge in [-0.3, -0.25) is 9.12 Å². The van der Waals surface area contributed by atoms with Crippen LogP contribution in [0.3, 0.4) is 0 Å². The molecule has 11 heteroatoms. The Hall–Kier alpha value is -1.69. The minimum Gasteiger partial charge on any atom is -0.350 e. The first-order chi connectivity index (χ1) is 9.94. The lowest BCUT2D eigenvalue weighted by atomic mass is 10.2. The number of rotatable bonds is 4. The summed E-state index contributed by atoms with van der Waals surface area (Å²) in [6.07, 6.45) is 1.24. The average Bonchev–Trinajstić information content (AvgIpc) is 2.99. The van der Waals surface area contributed by atoms with Gasteiger partial charge >= 0.3 is 10.3 Å². The van der Waals surface area contributed by atoms with Crippen LogP contribution in [0.15, 0.2) is 18.9 Å². The van der Waals surface area contributed by atoms with Gasteiger partial charge in [0.1, 0.15) is 18.0 Å². The molecule has 0 unspecified atom stereocenters. The summed E-state index contributed by atoms with van der Waals surface area (Å²) < 4.78 is 52.7. The number of fused-ring (bicyclic) bond motifs is 1. The Morgan fingerprint density at radius 1 is 1.52 bits per heavy atom. The third-order valence-corrected chi connectivity index (χ3v) is 3.67. The molecule has 0 radical (unpaired) electrons. The molecule has 1 aliphatic heterocycles. The van der Waals surface area contributed by atoms with Crippen molar-refractivity contribution < 1.29 is 22.1 Å². The van der Waals surface area contributed by atoms with E-state index in [0.29, 0.717) is 11.2 Å². The van der Waals surface area contributed by atoms with E-state index in [-0.39, 0.29) is 13.0 Å². The molecule has 0 bridgehead atoms. The van der Waals surface area contributed by atoms with E-state index >= 15 is 0 Å². The van der Waals surface area contributed by atoms with Crippen molar-refractivity contribution in [3.05, 3.63) is 18.9 Å². The van der Waals surface area contributed by atoms with Crippen molar-refractivity contribution >= 4 is 21.5 Å². The highest BCUT2D eigenvalue weighted by atomic mass is 32.2. The molecule has 1 aliphatic rings. The van der Waals surface area contributed by atoms with Gasteiger partial charge in [0.05, 0.1) is 18.6 Å². The maximum atomic E-state index is 14.1. The lowest BCUT2D eigenvalue weighted by molar-refractivity contribution is -0.0140. The van der Waals surface area contributed by atoms with Crippen LogP contribution < -0.4 is 4.72 Å². The molecule has 1 fully saturated rings. The molecule has 2 aromatic heterocycles. The van der Waals surface area contributed by atoms with E-state index in [4.69, 9.17) is 9.29 Å². The second-order valence-corrected chi connectivity index (χ2v) is 5.85. The largest absolute Gasteiger partial charge is 0.350 e. The highest BCUT2D eigenvalue weighted by molar-refractivity contribution is 7.83. The van der Waals surface area contributed by atoms with Crippen molar-refractivity contribution in [2.75, 3.05) is 6.54 Å². The topological polar surface area (TPSA) is 119 Å². The Balaban J connectivity index is 1.77. The zero-order valence-corrected chi connectivity index (χ0v) is 11.4. The first-order valence-electron chi connectivity index (χ1n) is 6.08. The lowest BCUT2D eigenvalue weighted by Gasteiger charge is -2.15. The standard InChI is InChI=1S/C10H12FN5O4S/c11-7-1-6(2-15-21(17,18)19)20-10(7)16-5-14-8-3-12-4-13-9(8)16/h3-7,10,15H,1-2H2,(H,17,18,19)/t6-,7+,10+/m0/s1. The number of ether oxygens (including phenoxy) is 1. The van der Waals surface area contributed by atoms with Crippen LogP contribution in [0.4, 0.5) is 4.39 Å². The van der Waals surface area contributed by atoms with Gasteiger partial charge < -0.3 is 4.74 Å². The van der Waals surface area contributed by atoms with Gasteiger partial charge in [-0.25, -0.2) is 19.3 Å². The van der Waals surface area contributed by atoms with Gasteiger partial charge in [-0.15, -0.1) is 0 Å². The van der Waals surface area contributed by atoms with Crippen molar-refractivity contribution in [2.45, 2.75) is 24.9 Å². The summed E-state index contributed by atoms with van der Waals surface area (Å²) in [5, 5.41) is 0. The van der Waals surface area contributed by atoms with Crippen molar-refractivity contribution in [3.63, 3.8) is 0 Å². The highest BCUT2D eigenvalue weighted by Crippen LogP contribution is 2.32. The van der Waals surface area contributed by atoms with Crippen LogP contribution in [0, 0.1) is 0 Å². The van der Waals surface area contributed by atoms with E-state index in [0.717, 1.165) is 0 Å². The van der Waals surface area contributed by atoms with Gasteiger partial charge in [0, 0.05) is 13.0 Å². The number of nitrogens with one attached hydrogen (secondary N) is 1. The summed E-state index contributed by atoms with van der Waals surface area (Å²) in [6.45, 7) is -0.211. The van der Waals surface area contributed by atoms with Gasteiger partial charge in [0.2, 0.25) is 0 Å². The Morgan fingerprint density at radius 3 is 3.10 bits per heavy atom. The van der Waals surface area contributed by atoms with Gasteiger partial charge in [-0.05, 0) is 0 Å². The molecule has 0 saturated carbocycles. The fourth-order valence-electron chi connectivity index (χ4n) is 2.25. The van der Waals surface area contributed by atoms with Crippen molar-refractivity contribution in [1.29, 1.82) is 0 Å². The van der Waals surface area contributed by atoms with E-state index in [1.165, 1.54) is 23.4 Å². The molecule has 21 heavy (non-hydrogen) atoms. The van der Waals surface area contributed by atoms with E-state index in [1.807, 2.05) is 4.72 Å². The quantitative estimate of drug-likeness (QED) is 0.752. The minimum absolute atomic E-state index is 0.00204. The normalized spacial score (nSPS) is 26.5. The molecule has 2 N–H and O–H groups in total. The SMILES string of the molecule is O=S(=O)(O)NC[C@@H]1C[C@@H](F)[C@H](n2cnc3cncnc32)O1. The monoisotopic (exact) mass is 317 g/mol. The van der Waals surface area contributed by atoms with Crippen molar-refractivity contribution in [1.82, 2.24) is 24.2 Å². The molecule has 0 aliphatic carbocycles. The van der Waals surface area contributed by atoms with Crippen LogP contribution in [-0.4, -0.2) is 51.3 Å². The van der Waals surface area contributed by atoms with Crippen molar-refractivity contribution in [2.24, 2.45) is 0 Å². The molecule has 0 spiro atoms. The van der Waals surface area contributed by atoms with E-state index < -0.39 is 28.8 Å². The number of alkyl halides is 1. The smallest absolute Gasteiger partial charge is 0.333 e. The second kappa shape index (κ2) is 5.26. The third-order valence-electron chi connectivity index (χ3n) is 3.14. The van der Waals surface area contributed by atoms with Crippen LogP contribution >= 0.6 is 0 Å². The zero-order valence-electron chi connectivity index (χ0n) is 10.6. The number of hydrogen-bond acceptors (Lipinski definition) is 6. The maximum absolute atomic E-state index is 14.1. The fraction of sp³-hybridized carbons (Fsp3) is 0.500. The maximum Gasteiger partial charge on any atom is 0.333 e. The molecular weight excluding hydrogens is 305 g/mol. The van der Waals surface area contributed by atoms with E-state index in [2.05, 4.69) is 15.0 Å². The van der Waals surface area contributed by atoms with Gasteiger partial charge in [-0.2, -0.15) is 13.1 Å². The predicted octanol–water partition coefficient (Wildman–Crippen LogP) is -0.156. The molecular formula is C10H12FN5O4S. The molecule has 3 heterocycles. The fourth-order valence-corrected chi connectivity index (χ4v) is 2.64. The number of aromatic nitrogens is 4. The number of nitrogens with zero attached hydrogens (tertiary/aromatic N) is 4. The molecule has 3 atom stereocenters. The van der Waals surface area contributed by atoms with E-state index in [1.54, 1.807) is 0 Å². The zero-order chi connectivity index (χ0) is 15.0. The molecule has 3 rings (SSSR count). The first kappa shape index (κ1) is 14.3. The number of imidazole rings is 1. The van der Waals surface area contributed by atoms with E-state index in [9.17, 15) is 12.8 Å². The first-order valence-corrected chi connectivity index (χ1v) is 7.52. The van der Waals surface area contributed by atoms with Crippen LogP contribution in [0.5, 0.6) is 0 Å². The number of halogens is 1. The lowest BCUT2D eigenvalue weighted by Crippen LogP contribution is -2.31. The summed E-state index contributed by atoms with van der Waals surface area (Å²) in [5.74, 6) is 0. The molecule has 0 aromatic carbocycles. The number of hydrogen-bond donors (Lipinski definition) is 2. The Morgan fingerprint density at radius 2 is 2.33 bits per heavy atom. The predicted molar refractivity (Wildman–Crippen MR) is 68.3 cm³/mol. The summed E-state index contributed by atoms with van der Waals surface area (Å²) in [4.78, 5) is 11.9. The Labute approximate surface area is 119 Å². The molecule has 0 amide bonds. The summed E-state index contributed by atoms with van der Waals surface area (Å²) in [7, 11) is -4.33. The molecule has 1 saturated heterocycles. The summed E-state index contributed by atoms with van der Waals surface area (Å²) >= 11 is 0.